The van der Waals surface area contributed by atoms with Crippen molar-refractivity contribution in [3.63, 3.8) is 0 Å². The number of hydrogen-bond acceptors (Lipinski definition) is 2. The van der Waals surface area contributed by atoms with Crippen LogP contribution < -0.4 is 26.2 Å². The van der Waals surface area contributed by atoms with Crippen molar-refractivity contribution in [2.24, 2.45) is 0 Å². The molecule has 2 heterocycles. The van der Waals surface area contributed by atoms with Crippen LogP contribution in [0.5, 0.6) is 0 Å². The SMILES string of the molecule is CC(C)(C)c1c2c(cc3c1N(c1ccc4c5ccccc5c5ccccc5c4c1)c1cccc4c1B3c1cc3c(c(C(C)(C)C)c1N4c1cccc4c5ccccc5c5ccccc5c14)CCCC3)CCCC2. The first-order valence-electron chi connectivity index (χ1n) is 27.3. The molecule has 0 spiro atoms. The van der Waals surface area contributed by atoms with E-state index in [1.807, 2.05) is 0 Å². The fourth-order valence-electron chi connectivity index (χ4n) is 15.0. The highest BCUT2D eigenvalue weighted by Crippen LogP contribution is 2.54. The summed E-state index contributed by atoms with van der Waals surface area (Å²) in [7, 11) is 0. The first-order valence-corrected chi connectivity index (χ1v) is 27.3. The smallest absolute Gasteiger partial charge is 0.252 e. The second kappa shape index (κ2) is 15.6. The van der Waals surface area contributed by atoms with Crippen molar-refractivity contribution in [1.29, 1.82) is 0 Å². The number of benzene rings is 11. The van der Waals surface area contributed by atoms with Crippen LogP contribution in [0.1, 0.15) is 101 Å². The number of rotatable bonds is 2. The Balaban J connectivity index is 1.12. The molecule has 15 rings (SSSR count). The van der Waals surface area contributed by atoms with Crippen LogP contribution in [0.4, 0.5) is 34.1 Å². The topological polar surface area (TPSA) is 6.48 Å². The van der Waals surface area contributed by atoms with Crippen LogP contribution in [-0.2, 0) is 36.5 Å². The molecule has 0 radical (unpaired) electrons. The molecule has 73 heavy (non-hydrogen) atoms. The summed E-state index contributed by atoms with van der Waals surface area (Å²) in [5, 5.41) is 15.7. The summed E-state index contributed by atoms with van der Waals surface area (Å²) < 4.78 is 0. The van der Waals surface area contributed by atoms with Gasteiger partial charge in [0, 0.05) is 33.8 Å². The van der Waals surface area contributed by atoms with Crippen molar-refractivity contribution >= 4 is 122 Å². The summed E-state index contributed by atoms with van der Waals surface area (Å²) in [6, 6.07) is 63.7. The van der Waals surface area contributed by atoms with E-state index in [1.54, 1.807) is 22.3 Å². The minimum absolute atomic E-state index is 0.0446. The number of anilines is 6. The van der Waals surface area contributed by atoms with Gasteiger partial charge in [-0.05, 0) is 202 Å². The molecule has 0 atom stereocenters. The third-order valence-corrected chi connectivity index (χ3v) is 17.7. The molecule has 11 aromatic rings. The van der Waals surface area contributed by atoms with E-state index in [0.29, 0.717) is 0 Å². The summed E-state index contributed by atoms with van der Waals surface area (Å²) in [4.78, 5) is 5.54. The molecule has 4 aliphatic rings. The molecule has 354 valence electrons. The van der Waals surface area contributed by atoms with Crippen molar-refractivity contribution in [2.45, 2.75) is 104 Å². The zero-order valence-corrected chi connectivity index (χ0v) is 43.2. The fourth-order valence-corrected chi connectivity index (χ4v) is 15.0. The van der Waals surface area contributed by atoms with Crippen LogP contribution in [-0.4, -0.2) is 6.71 Å². The summed E-state index contributed by atoms with van der Waals surface area (Å²) in [6.45, 7) is 15.0. The Kier molecular flexibility index (Phi) is 9.23. The molecule has 0 aromatic heterocycles. The molecule has 3 heteroatoms. The Morgan fingerprint density at radius 3 is 1.25 bits per heavy atom. The maximum atomic E-state index is 2.79. The first kappa shape index (κ1) is 43.2. The number of nitrogens with zero attached hydrogens (tertiary/aromatic N) is 2. The fraction of sp³-hybridized carbons (Fsp3) is 0.229. The largest absolute Gasteiger partial charge is 0.311 e. The summed E-state index contributed by atoms with van der Waals surface area (Å²) in [5.41, 5.74) is 21.4. The van der Waals surface area contributed by atoms with Gasteiger partial charge in [0.05, 0.1) is 5.69 Å². The molecule has 0 N–H and O–H groups in total. The maximum absolute atomic E-state index is 2.79. The normalized spacial score (nSPS) is 15.3. The Hall–Kier alpha value is -7.36. The highest BCUT2D eigenvalue weighted by Gasteiger charge is 2.48. The molecule has 0 bridgehead atoms. The van der Waals surface area contributed by atoms with E-state index < -0.39 is 0 Å². The summed E-state index contributed by atoms with van der Waals surface area (Å²) >= 11 is 0. The van der Waals surface area contributed by atoms with E-state index in [9.17, 15) is 0 Å². The van der Waals surface area contributed by atoms with Crippen molar-refractivity contribution in [3.05, 3.63) is 197 Å². The van der Waals surface area contributed by atoms with Crippen LogP contribution in [0.3, 0.4) is 0 Å². The van der Waals surface area contributed by atoms with Crippen LogP contribution in [0.2, 0.25) is 0 Å². The Bertz CT molecular complexity index is 4120. The van der Waals surface area contributed by atoms with E-state index in [2.05, 4.69) is 215 Å². The number of fused-ring (bicyclic) bond motifs is 18. The van der Waals surface area contributed by atoms with Gasteiger partial charge < -0.3 is 9.80 Å². The minimum Gasteiger partial charge on any atom is -0.311 e. The van der Waals surface area contributed by atoms with Crippen molar-refractivity contribution < 1.29 is 0 Å². The third-order valence-electron chi connectivity index (χ3n) is 17.7. The molecular formula is C70H61BN2. The van der Waals surface area contributed by atoms with Gasteiger partial charge in [0.25, 0.3) is 6.71 Å². The van der Waals surface area contributed by atoms with Crippen LogP contribution in [0.15, 0.2) is 164 Å². The number of hydrogen-bond donors (Lipinski definition) is 0. The van der Waals surface area contributed by atoms with Crippen molar-refractivity contribution in [1.82, 2.24) is 0 Å². The zero-order valence-electron chi connectivity index (χ0n) is 43.2. The van der Waals surface area contributed by atoms with E-state index in [4.69, 9.17) is 0 Å². The van der Waals surface area contributed by atoms with Gasteiger partial charge in [-0.25, -0.2) is 0 Å². The Morgan fingerprint density at radius 2 is 0.740 bits per heavy atom. The van der Waals surface area contributed by atoms with Gasteiger partial charge in [0.2, 0.25) is 0 Å². The standard InChI is InChI=1S/C70H61BN2/c1-69(2,3)64-45-23-9-7-21-42(45)39-58-67(64)72(44-37-38-54-49-27-12-11-25-47(49)48-26-14-16-31-53(48)57(54)41-44)61-35-20-36-62-66(61)71(58)59-40-43-22-8-10-24-46(43)65(70(4,5)6)68(59)73(62)60-34-19-33-56-52-29-15-13-28-50(52)51-30-17-18-32-55(51)63(56)60/h11-20,25-41H,7-10,21-24H2,1-6H3. The lowest BCUT2D eigenvalue weighted by Gasteiger charge is -2.48. The predicted molar refractivity (Wildman–Crippen MR) is 316 cm³/mol. The summed E-state index contributed by atoms with van der Waals surface area (Å²) in [6.07, 6.45) is 9.48. The van der Waals surface area contributed by atoms with Gasteiger partial charge in [-0.2, -0.15) is 0 Å². The Labute approximate surface area is 430 Å². The zero-order chi connectivity index (χ0) is 49.1. The van der Waals surface area contributed by atoms with Crippen molar-refractivity contribution in [2.75, 3.05) is 9.80 Å². The summed E-state index contributed by atoms with van der Waals surface area (Å²) in [5.74, 6) is 0. The molecule has 0 unspecified atom stereocenters. The van der Waals surface area contributed by atoms with Gasteiger partial charge in [-0.15, -0.1) is 0 Å². The highest BCUT2D eigenvalue weighted by atomic mass is 15.2. The van der Waals surface area contributed by atoms with E-state index in [1.165, 1.54) is 152 Å². The predicted octanol–water partition coefficient (Wildman–Crippen LogP) is 17.0. The average molecular weight is 941 g/mol. The second-order valence-corrected chi connectivity index (χ2v) is 24.0. The van der Waals surface area contributed by atoms with Crippen LogP contribution >= 0.6 is 0 Å². The molecule has 0 saturated heterocycles. The molecule has 0 amide bonds. The first-order chi connectivity index (χ1) is 35.5. The minimum atomic E-state index is -0.118. The lowest BCUT2D eigenvalue weighted by Crippen LogP contribution is -2.62. The van der Waals surface area contributed by atoms with Gasteiger partial charge in [-0.1, -0.05) is 175 Å². The van der Waals surface area contributed by atoms with E-state index >= 15 is 0 Å². The van der Waals surface area contributed by atoms with Gasteiger partial charge in [-0.3, -0.25) is 0 Å². The maximum Gasteiger partial charge on any atom is 0.252 e. The second-order valence-electron chi connectivity index (χ2n) is 24.0. The molecule has 0 fully saturated rings. The van der Waals surface area contributed by atoms with Gasteiger partial charge >= 0.3 is 0 Å². The van der Waals surface area contributed by atoms with Gasteiger partial charge in [0.1, 0.15) is 0 Å². The molecule has 2 aliphatic carbocycles. The monoisotopic (exact) mass is 940 g/mol. The lowest BCUT2D eigenvalue weighted by atomic mass is 9.32. The molecule has 2 aliphatic heterocycles. The third kappa shape index (κ3) is 6.12. The molecule has 11 aromatic carbocycles. The molecule has 0 saturated carbocycles. The van der Waals surface area contributed by atoms with E-state index in [-0.39, 0.29) is 17.5 Å². The highest BCUT2D eigenvalue weighted by molar-refractivity contribution is 7.00. The van der Waals surface area contributed by atoms with Crippen LogP contribution in [0, 0.1) is 0 Å². The molecular weight excluding hydrogens is 880 g/mol. The van der Waals surface area contributed by atoms with Crippen LogP contribution in [0.25, 0.3) is 64.6 Å². The molecule has 2 nitrogen and oxygen atoms in total. The lowest BCUT2D eigenvalue weighted by molar-refractivity contribution is 0.569. The average Bonchev–Trinajstić information content (AvgIpc) is 3.41. The quantitative estimate of drug-likeness (QED) is 0.126. The number of aryl methyl sites for hydroxylation is 2. The Morgan fingerprint density at radius 1 is 0.356 bits per heavy atom. The van der Waals surface area contributed by atoms with E-state index in [0.717, 1.165) is 25.7 Å². The van der Waals surface area contributed by atoms with Gasteiger partial charge in [0.15, 0.2) is 0 Å². The van der Waals surface area contributed by atoms with Crippen molar-refractivity contribution in [3.8, 4) is 0 Å².